The van der Waals surface area contributed by atoms with Gasteiger partial charge in [-0.15, -0.1) is 0 Å². The van der Waals surface area contributed by atoms with Crippen molar-refractivity contribution in [1.29, 1.82) is 0 Å². The van der Waals surface area contributed by atoms with Gasteiger partial charge in [0.2, 0.25) is 0 Å². The first-order valence-corrected chi connectivity index (χ1v) is 9.10. The van der Waals surface area contributed by atoms with E-state index in [0.29, 0.717) is 6.42 Å². The summed E-state index contributed by atoms with van der Waals surface area (Å²) in [6, 6.07) is 8.63. The quantitative estimate of drug-likeness (QED) is 0.766. The van der Waals surface area contributed by atoms with Crippen LogP contribution in [0.25, 0.3) is 10.9 Å². The maximum absolute atomic E-state index is 10.0. The summed E-state index contributed by atoms with van der Waals surface area (Å²) < 4.78 is 2.05. The average Bonchev–Trinajstić information content (AvgIpc) is 3.16. The summed E-state index contributed by atoms with van der Waals surface area (Å²) in [6.07, 6.45) is 0.249. The van der Waals surface area contributed by atoms with Crippen LogP contribution >= 0.6 is 0 Å². The van der Waals surface area contributed by atoms with Crippen LogP contribution in [-0.4, -0.2) is 31.3 Å². The molecule has 0 amide bonds. The van der Waals surface area contributed by atoms with Crippen molar-refractivity contribution in [2.75, 3.05) is 6.54 Å². The van der Waals surface area contributed by atoms with E-state index >= 15 is 0 Å². The Morgan fingerprint density at radius 3 is 2.92 bits per heavy atom. The zero-order valence-corrected chi connectivity index (χ0v) is 15.2. The zero-order chi connectivity index (χ0) is 17.6. The normalized spacial score (nSPS) is 16.3. The van der Waals surface area contributed by atoms with Crippen LogP contribution in [0.2, 0.25) is 0 Å². The maximum Gasteiger partial charge on any atom is 0.0975 e. The molecule has 0 fully saturated rings. The van der Waals surface area contributed by atoms with Gasteiger partial charge in [-0.3, -0.25) is 9.58 Å². The number of H-pyrrole nitrogens is 1. The first-order chi connectivity index (χ1) is 12.1. The van der Waals surface area contributed by atoms with Crippen LogP contribution in [0.4, 0.5) is 0 Å². The van der Waals surface area contributed by atoms with E-state index in [0.717, 1.165) is 31.9 Å². The number of nitrogens with one attached hydrogen (secondary N) is 1. The fourth-order valence-electron chi connectivity index (χ4n) is 3.77. The molecule has 0 bridgehead atoms. The van der Waals surface area contributed by atoms with E-state index in [-0.39, 0.29) is 0 Å². The SMILES string of the molecule is CC[C@@H](O)c1cc2n(n1)CCN(Cc1cccc3c(C)c(C)[nH]c13)C2. The minimum absolute atomic E-state index is 0.454. The van der Waals surface area contributed by atoms with Crippen LogP contribution in [0.15, 0.2) is 24.3 Å². The first-order valence-electron chi connectivity index (χ1n) is 9.10. The second-order valence-electron chi connectivity index (χ2n) is 7.13. The van der Waals surface area contributed by atoms with Crippen molar-refractivity contribution in [3.05, 3.63) is 52.5 Å². The molecule has 5 nitrogen and oxygen atoms in total. The summed E-state index contributed by atoms with van der Waals surface area (Å²) >= 11 is 0. The van der Waals surface area contributed by atoms with Crippen LogP contribution in [0, 0.1) is 13.8 Å². The van der Waals surface area contributed by atoms with Crippen molar-refractivity contribution in [1.82, 2.24) is 19.7 Å². The Hall–Kier alpha value is -2.11. The molecule has 0 saturated carbocycles. The van der Waals surface area contributed by atoms with Gasteiger partial charge in [-0.1, -0.05) is 25.1 Å². The van der Waals surface area contributed by atoms with Gasteiger partial charge in [0.1, 0.15) is 0 Å². The number of fused-ring (bicyclic) bond motifs is 2. The Morgan fingerprint density at radius 1 is 1.28 bits per heavy atom. The molecule has 2 aromatic heterocycles. The molecule has 0 radical (unpaired) electrons. The largest absolute Gasteiger partial charge is 0.387 e. The highest BCUT2D eigenvalue weighted by Crippen LogP contribution is 2.26. The van der Waals surface area contributed by atoms with Gasteiger partial charge in [0, 0.05) is 30.7 Å². The van der Waals surface area contributed by atoms with Gasteiger partial charge in [0.25, 0.3) is 0 Å². The van der Waals surface area contributed by atoms with Gasteiger partial charge < -0.3 is 10.1 Å². The zero-order valence-electron chi connectivity index (χ0n) is 15.2. The Morgan fingerprint density at radius 2 is 2.12 bits per heavy atom. The molecule has 25 heavy (non-hydrogen) atoms. The van der Waals surface area contributed by atoms with E-state index in [9.17, 15) is 5.11 Å². The highest BCUT2D eigenvalue weighted by atomic mass is 16.3. The van der Waals surface area contributed by atoms with E-state index in [1.165, 1.54) is 33.4 Å². The molecular formula is C20H26N4O. The van der Waals surface area contributed by atoms with E-state index in [2.05, 4.69) is 53.1 Å². The van der Waals surface area contributed by atoms with Crippen LogP contribution < -0.4 is 0 Å². The number of hydrogen-bond acceptors (Lipinski definition) is 3. The molecule has 132 valence electrons. The third-order valence-corrected chi connectivity index (χ3v) is 5.45. The van der Waals surface area contributed by atoms with Gasteiger partial charge in [-0.05, 0) is 37.5 Å². The van der Waals surface area contributed by atoms with Gasteiger partial charge in [-0.2, -0.15) is 5.10 Å². The summed E-state index contributed by atoms with van der Waals surface area (Å²) in [6.45, 7) is 9.95. The third-order valence-electron chi connectivity index (χ3n) is 5.45. The molecule has 1 aliphatic rings. The third kappa shape index (κ3) is 2.87. The van der Waals surface area contributed by atoms with Crippen LogP contribution in [0.5, 0.6) is 0 Å². The number of aliphatic hydroxyl groups excluding tert-OH is 1. The first kappa shape index (κ1) is 16.4. The molecule has 5 heteroatoms. The topological polar surface area (TPSA) is 57.1 Å². The Labute approximate surface area is 148 Å². The summed E-state index contributed by atoms with van der Waals surface area (Å²) in [7, 11) is 0. The fraction of sp³-hybridized carbons (Fsp3) is 0.450. The van der Waals surface area contributed by atoms with E-state index < -0.39 is 6.10 Å². The highest BCUT2D eigenvalue weighted by Gasteiger charge is 2.21. The summed E-state index contributed by atoms with van der Waals surface area (Å²) in [5.74, 6) is 0. The number of para-hydroxylation sites is 1. The molecule has 3 heterocycles. The van der Waals surface area contributed by atoms with Crippen molar-refractivity contribution in [2.24, 2.45) is 0 Å². The maximum atomic E-state index is 10.0. The predicted octanol–water partition coefficient (Wildman–Crippen LogP) is 3.44. The van der Waals surface area contributed by atoms with E-state index in [4.69, 9.17) is 0 Å². The predicted molar refractivity (Wildman–Crippen MR) is 99.4 cm³/mol. The van der Waals surface area contributed by atoms with Gasteiger partial charge >= 0.3 is 0 Å². The number of hydrogen-bond donors (Lipinski definition) is 2. The molecule has 0 unspecified atom stereocenters. The molecule has 1 atom stereocenters. The molecule has 1 aliphatic heterocycles. The standard InChI is InChI=1S/C20H26N4O/c1-4-19(25)18-10-16-12-23(8-9-24(16)22-18)11-15-6-5-7-17-13(2)14(3)21-20(15)17/h5-7,10,19,21,25H,4,8-9,11-12H2,1-3H3/t19-/m1/s1. The van der Waals surface area contributed by atoms with Crippen LogP contribution in [-0.2, 0) is 19.6 Å². The van der Waals surface area contributed by atoms with Crippen molar-refractivity contribution in [3.8, 4) is 0 Å². The second-order valence-corrected chi connectivity index (χ2v) is 7.13. The smallest absolute Gasteiger partial charge is 0.0975 e. The lowest BCUT2D eigenvalue weighted by Gasteiger charge is -2.27. The monoisotopic (exact) mass is 338 g/mol. The number of rotatable bonds is 4. The number of benzene rings is 1. The molecule has 0 aliphatic carbocycles. The Bertz CT molecular complexity index is 908. The summed E-state index contributed by atoms with van der Waals surface area (Å²) in [5, 5.41) is 15.9. The number of aliphatic hydroxyl groups is 1. The van der Waals surface area contributed by atoms with Crippen molar-refractivity contribution in [2.45, 2.75) is 52.9 Å². The molecular weight excluding hydrogens is 312 g/mol. The van der Waals surface area contributed by atoms with Crippen molar-refractivity contribution < 1.29 is 5.11 Å². The lowest BCUT2D eigenvalue weighted by molar-refractivity contribution is 0.166. The molecule has 2 N–H and O–H groups in total. The van der Waals surface area contributed by atoms with Gasteiger partial charge in [0.05, 0.1) is 29.6 Å². The number of nitrogens with zero attached hydrogens (tertiary/aromatic N) is 3. The van der Waals surface area contributed by atoms with Crippen molar-refractivity contribution in [3.63, 3.8) is 0 Å². The molecule has 0 spiro atoms. The minimum atomic E-state index is -0.454. The Kier molecular flexibility index (Phi) is 4.13. The summed E-state index contributed by atoms with van der Waals surface area (Å²) in [4.78, 5) is 6.01. The average molecular weight is 338 g/mol. The van der Waals surface area contributed by atoms with Crippen molar-refractivity contribution >= 4 is 10.9 Å². The van der Waals surface area contributed by atoms with Crippen LogP contribution in [0.1, 0.15) is 47.7 Å². The number of aromatic nitrogens is 3. The number of aryl methyl sites for hydroxylation is 2. The Balaban J connectivity index is 1.57. The van der Waals surface area contributed by atoms with Gasteiger partial charge in [-0.25, -0.2) is 0 Å². The number of aromatic amines is 1. The van der Waals surface area contributed by atoms with Gasteiger partial charge in [0.15, 0.2) is 0 Å². The van der Waals surface area contributed by atoms with E-state index in [1.807, 2.05) is 11.6 Å². The fourth-order valence-corrected chi connectivity index (χ4v) is 3.77. The second kappa shape index (κ2) is 6.32. The summed E-state index contributed by atoms with van der Waals surface area (Å²) in [5.41, 5.74) is 7.19. The molecule has 1 aromatic carbocycles. The van der Waals surface area contributed by atoms with E-state index in [1.54, 1.807) is 0 Å². The lowest BCUT2D eigenvalue weighted by atomic mass is 10.1. The lowest BCUT2D eigenvalue weighted by Crippen LogP contribution is -2.33. The molecule has 0 saturated heterocycles. The molecule has 3 aromatic rings. The molecule has 4 rings (SSSR count). The highest BCUT2D eigenvalue weighted by molar-refractivity contribution is 5.87. The van der Waals surface area contributed by atoms with Crippen LogP contribution in [0.3, 0.4) is 0 Å². The minimum Gasteiger partial charge on any atom is -0.387 e.